The van der Waals surface area contributed by atoms with E-state index >= 15 is 0 Å². The van der Waals surface area contributed by atoms with E-state index in [0.717, 1.165) is 19.4 Å². The lowest BCUT2D eigenvalue weighted by Crippen LogP contribution is -2.50. The van der Waals surface area contributed by atoms with E-state index < -0.39 is 0 Å². The summed E-state index contributed by atoms with van der Waals surface area (Å²) in [6.07, 6.45) is 8.99. The number of nitrogens with one attached hydrogen (secondary N) is 1. The van der Waals surface area contributed by atoms with Crippen LogP contribution in [-0.2, 0) is 4.74 Å². The molecule has 1 aliphatic carbocycles. The van der Waals surface area contributed by atoms with Crippen molar-refractivity contribution in [3.05, 3.63) is 0 Å². The van der Waals surface area contributed by atoms with Crippen LogP contribution in [0, 0.1) is 0 Å². The SMILES string of the molecule is CN1CCC2(CC1)NCC1(CCCCC1)O2. The molecule has 0 unspecified atom stereocenters. The predicted octanol–water partition coefficient (Wildman–Crippen LogP) is 1.73. The van der Waals surface area contributed by atoms with Crippen molar-refractivity contribution in [2.75, 3.05) is 26.7 Å². The Labute approximate surface area is 98.5 Å². The standard InChI is InChI=1S/C13H24N2O/c1-15-9-7-13(8-10-15)14-11-12(16-13)5-3-2-4-6-12/h14H,2-11H2,1H3. The maximum Gasteiger partial charge on any atom is 0.122 e. The van der Waals surface area contributed by atoms with Crippen LogP contribution in [-0.4, -0.2) is 42.9 Å². The Hall–Kier alpha value is -0.120. The molecule has 0 amide bonds. The number of hydrogen-bond donors (Lipinski definition) is 1. The highest BCUT2D eigenvalue weighted by atomic mass is 16.6. The van der Waals surface area contributed by atoms with Crippen LogP contribution in [0.1, 0.15) is 44.9 Å². The number of nitrogens with zero attached hydrogens (tertiary/aromatic N) is 1. The lowest BCUT2D eigenvalue weighted by Gasteiger charge is -2.40. The molecule has 1 saturated carbocycles. The molecular formula is C13H24N2O. The molecular weight excluding hydrogens is 200 g/mol. The van der Waals surface area contributed by atoms with Crippen LogP contribution < -0.4 is 5.32 Å². The van der Waals surface area contributed by atoms with Crippen LogP contribution >= 0.6 is 0 Å². The molecule has 3 rings (SSSR count). The first-order valence-electron chi connectivity index (χ1n) is 6.86. The quantitative estimate of drug-likeness (QED) is 0.678. The summed E-state index contributed by atoms with van der Waals surface area (Å²) in [4.78, 5) is 2.40. The Balaban J connectivity index is 1.67. The molecule has 3 nitrogen and oxygen atoms in total. The summed E-state index contributed by atoms with van der Waals surface area (Å²) < 4.78 is 6.53. The first-order chi connectivity index (χ1) is 7.72. The molecule has 16 heavy (non-hydrogen) atoms. The van der Waals surface area contributed by atoms with Gasteiger partial charge in [0.15, 0.2) is 0 Å². The number of ether oxygens (including phenoxy) is 1. The zero-order valence-corrected chi connectivity index (χ0v) is 10.4. The Kier molecular flexibility index (Phi) is 2.73. The Morgan fingerprint density at radius 3 is 2.38 bits per heavy atom. The molecule has 0 bridgehead atoms. The summed E-state index contributed by atoms with van der Waals surface area (Å²) >= 11 is 0. The summed E-state index contributed by atoms with van der Waals surface area (Å²) in [5.41, 5.74) is 0.234. The van der Waals surface area contributed by atoms with Crippen molar-refractivity contribution in [2.24, 2.45) is 0 Å². The van der Waals surface area contributed by atoms with Gasteiger partial charge in [-0.15, -0.1) is 0 Å². The average Bonchev–Trinajstić information content (AvgIpc) is 2.64. The number of likely N-dealkylation sites (tertiary alicyclic amines) is 1. The Morgan fingerprint density at radius 2 is 1.69 bits per heavy atom. The smallest absolute Gasteiger partial charge is 0.122 e. The second-order valence-corrected chi connectivity index (χ2v) is 6.00. The third kappa shape index (κ3) is 1.89. The van der Waals surface area contributed by atoms with Gasteiger partial charge in [0.1, 0.15) is 5.72 Å². The van der Waals surface area contributed by atoms with E-state index in [9.17, 15) is 0 Å². The van der Waals surface area contributed by atoms with Crippen molar-refractivity contribution < 1.29 is 4.74 Å². The molecule has 0 aromatic heterocycles. The fraction of sp³-hybridized carbons (Fsp3) is 1.00. The minimum atomic E-state index is 0.0316. The second kappa shape index (κ2) is 3.97. The highest BCUT2D eigenvalue weighted by Crippen LogP contribution is 2.41. The topological polar surface area (TPSA) is 24.5 Å². The van der Waals surface area contributed by atoms with Gasteiger partial charge in [-0.1, -0.05) is 19.3 Å². The van der Waals surface area contributed by atoms with Gasteiger partial charge in [-0.3, -0.25) is 5.32 Å². The fourth-order valence-electron chi connectivity index (χ4n) is 3.54. The van der Waals surface area contributed by atoms with Gasteiger partial charge in [0.05, 0.1) is 5.60 Å². The minimum Gasteiger partial charge on any atom is -0.353 e. The average molecular weight is 224 g/mol. The number of rotatable bonds is 0. The predicted molar refractivity (Wildman–Crippen MR) is 64.4 cm³/mol. The normalized spacial score (nSPS) is 33.6. The van der Waals surface area contributed by atoms with Crippen molar-refractivity contribution in [3.8, 4) is 0 Å². The Bertz CT molecular complexity index is 253. The molecule has 0 aromatic carbocycles. The van der Waals surface area contributed by atoms with Gasteiger partial charge in [-0.25, -0.2) is 0 Å². The van der Waals surface area contributed by atoms with Gasteiger partial charge in [0, 0.05) is 32.5 Å². The molecule has 3 aliphatic rings. The van der Waals surface area contributed by atoms with Crippen LogP contribution in [0.25, 0.3) is 0 Å². The molecule has 0 radical (unpaired) electrons. The van der Waals surface area contributed by atoms with E-state index in [1.165, 1.54) is 45.2 Å². The third-order valence-electron chi connectivity index (χ3n) is 4.70. The maximum atomic E-state index is 6.53. The molecule has 2 aliphatic heterocycles. The van der Waals surface area contributed by atoms with Crippen molar-refractivity contribution in [1.29, 1.82) is 0 Å². The molecule has 3 heteroatoms. The molecule has 2 heterocycles. The van der Waals surface area contributed by atoms with Crippen molar-refractivity contribution in [2.45, 2.75) is 56.3 Å². The van der Waals surface area contributed by atoms with E-state index in [0.29, 0.717) is 0 Å². The van der Waals surface area contributed by atoms with Gasteiger partial charge in [0.2, 0.25) is 0 Å². The lowest BCUT2D eigenvalue weighted by atomic mass is 9.85. The van der Waals surface area contributed by atoms with Gasteiger partial charge in [0.25, 0.3) is 0 Å². The molecule has 92 valence electrons. The van der Waals surface area contributed by atoms with E-state index in [1.807, 2.05) is 0 Å². The van der Waals surface area contributed by atoms with E-state index in [-0.39, 0.29) is 11.3 Å². The number of hydrogen-bond acceptors (Lipinski definition) is 3. The summed E-state index contributed by atoms with van der Waals surface area (Å²) in [5, 5.41) is 3.70. The molecule has 0 atom stereocenters. The number of piperidine rings is 1. The van der Waals surface area contributed by atoms with E-state index in [1.54, 1.807) is 0 Å². The zero-order chi connectivity index (χ0) is 11.1. The highest BCUT2D eigenvalue weighted by molar-refractivity contribution is 5.00. The first kappa shape index (κ1) is 11.0. The monoisotopic (exact) mass is 224 g/mol. The fourth-order valence-corrected chi connectivity index (χ4v) is 3.54. The Morgan fingerprint density at radius 1 is 1.00 bits per heavy atom. The highest BCUT2D eigenvalue weighted by Gasteiger charge is 2.49. The molecule has 1 N–H and O–H groups in total. The molecule has 2 saturated heterocycles. The van der Waals surface area contributed by atoms with E-state index in [4.69, 9.17) is 4.74 Å². The summed E-state index contributed by atoms with van der Waals surface area (Å²) in [5.74, 6) is 0. The summed E-state index contributed by atoms with van der Waals surface area (Å²) in [6.45, 7) is 3.43. The lowest BCUT2D eigenvalue weighted by molar-refractivity contribution is -0.142. The van der Waals surface area contributed by atoms with Crippen molar-refractivity contribution >= 4 is 0 Å². The van der Waals surface area contributed by atoms with Gasteiger partial charge in [-0.05, 0) is 19.9 Å². The van der Waals surface area contributed by atoms with Crippen LogP contribution in [0.5, 0.6) is 0 Å². The minimum absolute atomic E-state index is 0.0316. The first-order valence-corrected chi connectivity index (χ1v) is 6.86. The largest absolute Gasteiger partial charge is 0.353 e. The molecule has 3 fully saturated rings. The maximum absolute atomic E-state index is 6.53. The second-order valence-electron chi connectivity index (χ2n) is 6.00. The third-order valence-corrected chi connectivity index (χ3v) is 4.70. The van der Waals surface area contributed by atoms with E-state index in [2.05, 4.69) is 17.3 Å². The van der Waals surface area contributed by atoms with Crippen molar-refractivity contribution in [3.63, 3.8) is 0 Å². The zero-order valence-electron chi connectivity index (χ0n) is 10.4. The van der Waals surface area contributed by atoms with Crippen LogP contribution in [0.2, 0.25) is 0 Å². The molecule has 0 aromatic rings. The van der Waals surface area contributed by atoms with Crippen molar-refractivity contribution in [1.82, 2.24) is 10.2 Å². The van der Waals surface area contributed by atoms with Crippen LogP contribution in [0.3, 0.4) is 0 Å². The summed E-state index contributed by atoms with van der Waals surface area (Å²) in [7, 11) is 2.21. The van der Waals surface area contributed by atoms with Crippen LogP contribution in [0.4, 0.5) is 0 Å². The van der Waals surface area contributed by atoms with Gasteiger partial charge in [-0.2, -0.15) is 0 Å². The van der Waals surface area contributed by atoms with Crippen LogP contribution in [0.15, 0.2) is 0 Å². The summed E-state index contributed by atoms with van der Waals surface area (Å²) in [6, 6.07) is 0. The van der Waals surface area contributed by atoms with Gasteiger partial charge >= 0.3 is 0 Å². The van der Waals surface area contributed by atoms with Gasteiger partial charge < -0.3 is 9.64 Å². The molecule has 2 spiro atoms.